The number of carbonyl (C=O) groups excluding carboxylic acids is 1. The Balaban J connectivity index is 2.42. The van der Waals surface area contributed by atoms with Crippen LogP contribution in [0.3, 0.4) is 0 Å². The van der Waals surface area contributed by atoms with Crippen LogP contribution in [0.2, 0.25) is 0 Å². The molecule has 0 saturated carbocycles. The highest BCUT2D eigenvalue weighted by Gasteiger charge is 2.12. The minimum absolute atomic E-state index is 0.0168. The number of rotatable bonds is 2. The molecule has 0 aliphatic carbocycles. The van der Waals surface area contributed by atoms with Crippen LogP contribution in [-0.4, -0.2) is 15.3 Å². The molecule has 0 unspecified atom stereocenters. The summed E-state index contributed by atoms with van der Waals surface area (Å²) in [6.07, 6.45) is 3.23. The van der Waals surface area contributed by atoms with Gasteiger partial charge >= 0.3 is 0 Å². The van der Waals surface area contributed by atoms with Gasteiger partial charge in [0.25, 0.3) is 0 Å². The SMILES string of the molecule is Cc1ccc(C(=O)c2cncn2C)cc1C. The number of carbonyl (C=O) groups is 1. The zero-order chi connectivity index (χ0) is 11.7. The topological polar surface area (TPSA) is 34.9 Å². The first kappa shape index (κ1) is 10.6. The van der Waals surface area contributed by atoms with Gasteiger partial charge in [0.15, 0.2) is 0 Å². The van der Waals surface area contributed by atoms with Crippen molar-refractivity contribution in [3.8, 4) is 0 Å². The van der Waals surface area contributed by atoms with Crippen molar-refractivity contribution in [1.29, 1.82) is 0 Å². The van der Waals surface area contributed by atoms with E-state index in [4.69, 9.17) is 0 Å². The standard InChI is InChI=1S/C13H14N2O/c1-9-4-5-11(6-10(9)2)13(16)12-7-14-8-15(12)3/h4-8H,1-3H3. The molecule has 1 heterocycles. The summed E-state index contributed by atoms with van der Waals surface area (Å²) >= 11 is 0. The van der Waals surface area contributed by atoms with Crippen LogP contribution in [0.25, 0.3) is 0 Å². The van der Waals surface area contributed by atoms with Crippen LogP contribution in [0.1, 0.15) is 27.2 Å². The van der Waals surface area contributed by atoms with E-state index >= 15 is 0 Å². The molecule has 0 saturated heterocycles. The van der Waals surface area contributed by atoms with E-state index in [0.717, 1.165) is 5.56 Å². The average molecular weight is 214 g/mol. The molecule has 0 bridgehead atoms. The Labute approximate surface area is 94.7 Å². The van der Waals surface area contributed by atoms with Gasteiger partial charge in [-0.25, -0.2) is 4.98 Å². The molecule has 0 amide bonds. The van der Waals surface area contributed by atoms with Crippen molar-refractivity contribution in [2.75, 3.05) is 0 Å². The second kappa shape index (κ2) is 3.93. The van der Waals surface area contributed by atoms with Gasteiger partial charge in [0.05, 0.1) is 12.5 Å². The predicted octanol–water partition coefficient (Wildman–Crippen LogP) is 2.27. The highest BCUT2D eigenvalue weighted by molar-refractivity contribution is 6.07. The van der Waals surface area contributed by atoms with Crippen LogP contribution in [0, 0.1) is 13.8 Å². The second-order valence-corrected chi connectivity index (χ2v) is 4.02. The lowest BCUT2D eigenvalue weighted by Crippen LogP contribution is -2.07. The predicted molar refractivity (Wildman–Crippen MR) is 62.6 cm³/mol. The van der Waals surface area contributed by atoms with E-state index in [9.17, 15) is 4.79 Å². The van der Waals surface area contributed by atoms with Crippen LogP contribution in [-0.2, 0) is 7.05 Å². The first-order valence-electron chi connectivity index (χ1n) is 5.18. The highest BCUT2D eigenvalue weighted by Crippen LogP contribution is 2.13. The first-order valence-corrected chi connectivity index (χ1v) is 5.18. The lowest BCUT2D eigenvalue weighted by molar-refractivity contribution is 0.103. The zero-order valence-electron chi connectivity index (χ0n) is 9.69. The van der Waals surface area contributed by atoms with Gasteiger partial charge in [-0.2, -0.15) is 0 Å². The van der Waals surface area contributed by atoms with Crippen molar-refractivity contribution in [2.45, 2.75) is 13.8 Å². The van der Waals surface area contributed by atoms with Crippen molar-refractivity contribution in [3.05, 3.63) is 53.1 Å². The highest BCUT2D eigenvalue weighted by atomic mass is 16.1. The Hall–Kier alpha value is -1.90. The van der Waals surface area contributed by atoms with E-state index in [1.165, 1.54) is 5.56 Å². The molecule has 0 atom stereocenters. The smallest absolute Gasteiger partial charge is 0.211 e. The number of ketones is 1. The third-order valence-corrected chi connectivity index (χ3v) is 2.82. The molecular formula is C13H14N2O. The Bertz CT molecular complexity index is 541. The molecule has 1 aromatic carbocycles. The third kappa shape index (κ3) is 1.76. The minimum Gasteiger partial charge on any atom is -0.331 e. The maximum Gasteiger partial charge on any atom is 0.211 e. The summed E-state index contributed by atoms with van der Waals surface area (Å²) in [4.78, 5) is 16.1. The van der Waals surface area contributed by atoms with Gasteiger partial charge in [-0.1, -0.05) is 12.1 Å². The number of imidazole rings is 1. The van der Waals surface area contributed by atoms with E-state index in [1.807, 2.05) is 39.1 Å². The van der Waals surface area contributed by atoms with Crippen LogP contribution >= 0.6 is 0 Å². The van der Waals surface area contributed by atoms with E-state index in [2.05, 4.69) is 4.98 Å². The molecule has 16 heavy (non-hydrogen) atoms. The molecule has 1 aromatic heterocycles. The van der Waals surface area contributed by atoms with Crippen molar-refractivity contribution >= 4 is 5.78 Å². The fraction of sp³-hybridized carbons (Fsp3) is 0.231. The van der Waals surface area contributed by atoms with Crippen LogP contribution < -0.4 is 0 Å². The van der Waals surface area contributed by atoms with Gasteiger partial charge in [0.2, 0.25) is 5.78 Å². The zero-order valence-corrected chi connectivity index (χ0v) is 9.69. The summed E-state index contributed by atoms with van der Waals surface area (Å²) in [5.74, 6) is 0.0168. The van der Waals surface area contributed by atoms with Crippen molar-refractivity contribution < 1.29 is 4.79 Å². The molecule has 0 spiro atoms. The number of hydrogen-bond acceptors (Lipinski definition) is 2. The molecular weight excluding hydrogens is 200 g/mol. The number of nitrogens with zero attached hydrogens (tertiary/aromatic N) is 2. The van der Waals surface area contributed by atoms with E-state index in [1.54, 1.807) is 17.1 Å². The summed E-state index contributed by atoms with van der Waals surface area (Å²) in [6, 6.07) is 5.75. The van der Waals surface area contributed by atoms with Crippen LogP contribution in [0.15, 0.2) is 30.7 Å². The molecule has 3 heteroatoms. The van der Waals surface area contributed by atoms with Gasteiger partial charge in [-0.05, 0) is 31.0 Å². The Morgan fingerprint density at radius 3 is 2.56 bits per heavy atom. The van der Waals surface area contributed by atoms with Gasteiger partial charge in [0, 0.05) is 12.6 Å². The van der Waals surface area contributed by atoms with Crippen molar-refractivity contribution in [2.24, 2.45) is 7.05 Å². The second-order valence-electron chi connectivity index (χ2n) is 4.02. The monoisotopic (exact) mass is 214 g/mol. The number of benzene rings is 1. The lowest BCUT2D eigenvalue weighted by atomic mass is 10.0. The molecule has 2 aromatic rings. The quantitative estimate of drug-likeness (QED) is 0.719. The minimum atomic E-state index is 0.0168. The van der Waals surface area contributed by atoms with Gasteiger partial charge in [-0.15, -0.1) is 0 Å². The van der Waals surface area contributed by atoms with Gasteiger partial charge < -0.3 is 4.57 Å². The Kier molecular flexibility index (Phi) is 2.60. The largest absolute Gasteiger partial charge is 0.331 e. The molecule has 2 rings (SSSR count). The molecule has 0 fully saturated rings. The Morgan fingerprint density at radius 2 is 2.00 bits per heavy atom. The van der Waals surface area contributed by atoms with Crippen LogP contribution in [0.5, 0.6) is 0 Å². The lowest BCUT2D eigenvalue weighted by Gasteiger charge is -2.04. The number of aryl methyl sites for hydroxylation is 3. The van der Waals surface area contributed by atoms with Gasteiger partial charge in [0.1, 0.15) is 5.69 Å². The normalized spacial score (nSPS) is 10.4. The number of hydrogen-bond donors (Lipinski definition) is 0. The molecule has 0 aliphatic rings. The summed E-state index contributed by atoms with van der Waals surface area (Å²) in [5.41, 5.74) is 3.66. The Morgan fingerprint density at radius 1 is 1.25 bits per heavy atom. The first-order chi connectivity index (χ1) is 7.59. The third-order valence-electron chi connectivity index (χ3n) is 2.82. The maximum atomic E-state index is 12.1. The van der Waals surface area contributed by atoms with E-state index in [-0.39, 0.29) is 5.78 Å². The fourth-order valence-corrected chi connectivity index (χ4v) is 1.61. The van der Waals surface area contributed by atoms with Crippen molar-refractivity contribution in [3.63, 3.8) is 0 Å². The maximum absolute atomic E-state index is 12.1. The van der Waals surface area contributed by atoms with Crippen LogP contribution in [0.4, 0.5) is 0 Å². The molecule has 3 nitrogen and oxygen atoms in total. The molecule has 82 valence electrons. The summed E-state index contributed by atoms with van der Waals surface area (Å²) in [6.45, 7) is 4.04. The van der Waals surface area contributed by atoms with Gasteiger partial charge in [-0.3, -0.25) is 4.79 Å². The van der Waals surface area contributed by atoms with E-state index in [0.29, 0.717) is 11.3 Å². The molecule has 0 radical (unpaired) electrons. The number of aromatic nitrogens is 2. The summed E-state index contributed by atoms with van der Waals surface area (Å²) < 4.78 is 1.73. The summed E-state index contributed by atoms with van der Waals surface area (Å²) in [7, 11) is 1.82. The van der Waals surface area contributed by atoms with Crippen molar-refractivity contribution in [1.82, 2.24) is 9.55 Å². The molecule has 0 N–H and O–H groups in total. The average Bonchev–Trinajstić information content (AvgIpc) is 2.67. The molecule has 0 aliphatic heterocycles. The summed E-state index contributed by atoms with van der Waals surface area (Å²) in [5, 5.41) is 0. The fourth-order valence-electron chi connectivity index (χ4n) is 1.61. The van der Waals surface area contributed by atoms with E-state index < -0.39 is 0 Å².